The van der Waals surface area contributed by atoms with E-state index < -0.39 is 0 Å². The zero-order chi connectivity index (χ0) is 18.8. The molecule has 1 amide bonds. The Hall–Kier alpha value is -3.12. The molecule has 27 heavy (non-hydrogen) atoms. The van der Waals surface area contributed by atoms with Crippen LogP contribution in [0.1, 0.15) is 10.4 Å². The molecule has 0 aliphatic carbocycles. The number of nitrogens with zero attached hydrogens (tertiary/aromatic N) is 1. The molecule has 3 aromatic carbocycles. The molecule has 134 valence electrons. The maximum absolute atomic E-state index is 12.6. The molecular weight excluding hydrogens is 406 g/mol. The molecule has 6 heteroatoms. The number of imidazole rings is 1. The SMILES string of the molecule is COc1ccc(C(=O)Nc2cccc(-c3nc4ccccc4[nH]3)c2)cc1Br. The lowest BCUT2D eigenvalue weighted by Crippen LogP contribution is -2.12. The van der Waals surface area contributed by atoms with E-state index in [4.69, 9.17) is 4.74 Å². The number of hydrogen-bond donors (Lipinski definition) is 2. The van der Waals surface area contributed by atoms with E-state index in [0.717, 1.165) is 26.9 Å². The number of methoxy groups -OCH3 is 1. The molecule has 0 spiro atoms. The number of amides is 1. The summed E-state index contributed by atoms with van der Waals surface area (Å²) in [6.45, 7) is 0. The van der Waals surface area contributed by atoms with Crippen LogP contribution in [0.5, 0.6) is 5.75 Å². The number of rotatable bonds is 4. The number of hydrogen-bond acceptors (Lipinski definition) is 3. The van der Waals surface area contributed by atoms with Gasteiger partial charge in [0.15, 0.2) is 0 Å². The van der Waals surface area contributed by atoms with E-state index in [1.807, 2.05) is 48.5 Å². The Labute approximate surface area is 164 Å². The number of halogens is 1. The molecule has 5 nitrogen and oxygen atoms in total. The molecule has 0 saturated carbocycles. The zero-order valence-electron chi connectivity index (χ0n) is 14.5. The normalized spacial score (nSPS) is 10.7. The lowest BCUT2D eigenvalue weighted by Gasteiger charge is -2.08. The molecule has 0 aliphatic heterocycles. The lowest BCUT2D eigenvalue weighted by molar-refractivity contribution is 0.102. The second-order valence-corrected chi connectivity index (χ2v) is 6.84. The summed E-state index contributed by atoms with van der Waals surface area (Å²) in [6.07, 6.45) is 0. The fourth-order valence-corrected chi connectivity index (χ4v) is 3.39. The molecule has 4 aromatic rings. The Balaban J connectivity index is 1.59. The Morgan fingerprint density at radius 1 is 1.07 bits per heavy atom. The van der Waals surface area contributed by atoms with Gasteiger partial charge in [0.2, 0.25) is 0 Å². The summed E-state index contributed by atoms with van der Waals surface area (Å²) in [4.78, 5) is 20.5. The summed E-state index contributed by atoms with van der Waals surface area (Å²) in [5.41, 5.74) is 4.02. The number of carbonyl (C=O) groups is 1. The molecule has 4 rings (SSSR count). The first-order valence-electron chi connectivity index (χ1n) is 8.34. The molecule has 1 heterocycles. The number of benzene rings is 3. The van der Waals surface area contributed by atoms with Gasteiger partial charge in [0.25, 0.3) is 5.91 Å². The molecule has 0 bridgehead atoms. The van der Waals surface area contributed by atoms with E-state index in [-0.39, 0.29) is 5.91 Å². The monoisotopic (exact) mass is 421 g/mol. The summed E-state index contributed by atoms with van der Waals surface area (Å²) in [5.74, 6) is 1.25. The molecule has 0 unspecified atom stereocenters. The van der Waals surface area contributed by atoms with Gasteiger partial charge < -0.3 is 15.0 Å². The number of aromatic nitrogens is 2. The van der Waals surface area contributed by atoms with Gasteiger partial charge in [0, 0.05) is 16.8 Å². The highest BCUT2D eigenvalue weighted by molar-refractivity contribution is 9.10. The second kappa shape index (κ2) is 7.25. The van der Waals surface area contributed by atoms with Gasteiger partial charge in [-0.3, -0.25) is 4.79 Å². The van der Waals surface area contributed by atoms with Crippen LogP contribution < -0.4 is 10.1 Å². The van der Waals surface area contributed by atoms with Crippen LogP contribution in [0.4, 0.5) is 5.69 Å². The summed E-state index contributed by atoms with van der Waals surface area (Å²) < 4.78 is 5.93. The maximum atomic E-state index is 12.6. The Bertz CT molecular complexity index is 1100. The second-order valence-electron chi connectivity index (χ2n) is 5.99. The number of fused-ring (bicyclic) bond motifs is 1. The number of nitrogens with one attached hydrogen (secondary N) is 2. The molecule has 0 radical (unpaired) electrons. The van der Waals surface area contributed by atoms with Gasteiger partial charge in [-0.2, -0.15) is 0 Å². The van der Waals surface area contributed by atoms with Crippen LogP contribution in [0.25, 0.3) is 22.4 Å². The Morgan fingerprint density at radius 3 is 2.70 bits per heavy atom. The highest BCUT2D eigenvalue weighted by atomic mass is 79.9. The van der Waals surface area contributed by atoms with E-state index >= 15 is 0 Å². The standard InChI is InChI=1S/C21H16BrN3O2/c1-27-19-10-9-14(12-16(19)22)21(26)23-15-6-4-5-13(11-15)20-24-17-7-2-3-8-18(17)25-20/h2-12H,1H3,(H,23,26)(H,24,25). The van der Waals surface area contributed by atoms with Crippen molar-refractivity contribution in [2.75, 3.05) is 12.4 Å². The number of ether oxygens (including phenoxy) is 1. The predicted octanol–water partition coefficient (Wildman–Crippen LogP) is 5.25. The smallest absolute Gasteiger partial charge is 0.255 e. The van der Waals surface area contributed by atoms with Crippen molar-refractivity contribution < 1.29 is 9.53 Å². The topological polar surface area (TPSA) is 67.0 Å². The van der Waals surface area contributed by atoms with Crippen LogP contribution in [0, 0.1) is 0 Å². The minimum absolute atomic E-state index is 0.194. The van der Waals surface area contributed by atoms with Gasteiger partial charge in [0.1, 0.15) is 11.6 Å². The molecule has 0 saturated heterocycles. The Kier molecular flexibility index (Phi) is 4.64. The molecule has 2 N–H and O–H groups in total. The van der Waals surface area contributed by atoms with Crippen LogP contribution in [-0.4, -0.2) is 23.0 Å². The van der Waals surface area contributed by atoms with E-state index in [1.54, 1.807) is 25.3 Å². The van der Waals surface area contributed by atoms with Crippen molar-refractivity contribution in [1.29, 1.82) is 0 Å². The van der Waals surface area contributed by atoms with Crippen LogP contribution in [0.15, 0.2) is 71.2 Å². The number of aromatic amines is 1. The average molecular weight is 422 g/mol. The molecule has 0 fully saturated rings. The van der Waals surface area contributed by atoms with E-state index in [0.29, 0.717) is 17.0 Å². The highest BCUT2D eigenvalue weighted by Crippen LogP contribution is 2.27. The number of anilines is 1. The minimum atomic E-state index is -0.194. The lowest BCUT2D eigenvalue weighted by atomic mass is 10.1. The third kappa shape index (κ3) is 3.57. The van der Waals surface area contributed by atoms with Gasteiger partial charge >= 0.3 is 0 Å². The van der Waals surface area contributed by atoms with Crippen molar-refractivity contribution in [2.24, 2.45) is 0 Å². The highest BCUT2D eigenvalue weighted by Gasteiger charge is 2.11. The van der Waals surface area contributed by atoms with Crippen molar-refractivity contribution in [3.8, 4) is 17.1 Å². The van der Waals surface area contributed by atoms with Crippen LogP contribution >= 0.6 is 15.9 Å². The summed E-state index contributed by atoms with van der Waals surface area (Å²) in [7, 11) is 1.59. The zero-order valence-corrected chi connectivity index (χ0v) is 16.1. The number of carbonyl (C=O) groups excluding carboxylic acids is 1. The first-order valence-corrected chi connectivity index (χ1v) is 9.13. The van der Waals surface area contributed by atoms with E-state index in [2.05, 4.69) is 31.2 Å². The van der Waals surface area contributed by atoms with Crippen molar-refractivity contribution in [2.45, 2.75) is 0 Å². The third-order valence-corrected chi connectivity index (χ3v) is 4.82. The van der Waals surface area contributed by atoms with Crippen LogP contribution in [-0.2, 0) is 0 Å². The van der Waals surface area contributed by atoms with Crippen molar-refractivity contribution in [1.82, 2.24) is 9.97 Å². The van der Waals surface area contributed by atoms with Gasteiger partial charge in [-0.05, 0) is 58.4 Å². The Morgan fingerprint density at radius 2 is 1.93 bits per heavy atom. The summed E-state index contributed by atoms with van der Waals surface area (Å²) >= 11 is 3.40. The van der Waals surface area contributed by atoms with Gasteiger partial charge in [-0.1, -0.05) is 24.3 Å². The fourth-order valence-electron chi connectivity index (χ4n) is 2.84. The maximum Gasteiger partial charge on any atom is 0.255 e. The van der Waals surface area contributed by atoms with Crippen molar-refractivity contribution in [3.05, 3.63) is 76.8 Å². The van der Waals surface area contributed by atoms with Gasteiger partial charge in [-0.25, -0.2) is 4.98 Å². The van der Waals surface area contributed by atoms with Gasteiger partial charge in [-0.15, -0.1) is 0 Å². The summed E-state index contributed by atoms with van der Waals surface area (Å²) in [5, 5.41) is 2.92. The van der Waals surface area contributed by atoms with Crippen molar-refractivity contribution in [3.63, 3.8) is 0 Å². The van der Waals surface area contributed by atoms with Gasteiger partial charge in [0.05, 0.1) is 22.6 Å². The van der Waals surface area contributed by atoms with E-state index in [9.17, 15) is 4.79 Å². The first kappa shape index (κ1) is 17.3. The molecule has 0 aliphatic rings. The van der Waals surface area contributed by atoms with Crippen LogP contribution in [0.2, 0.25) is 0 Å². The number of para-hydroxylation sites is 2. The largest absolute Gasteiger partial charge is 0.496 e. The molecule has 0 atom stereocenters. The number of H-pyrrole nitrogens is 1. The average Bonchev–Trinajstić information content (AvgIpc) is 3.12. The first-order chi connectivity index (χ1) is 13.1. The molecular formula is C21H16BrN3O2. The summed E-state index contributed by atoms with van der Waals surface area (Å²) in [6, 6.07) is 20.7. The minimum Gasteiger partial charge on any atom is -0.496 e. The predicted molar refractivity (Wildman–Crippen MR) is 110 cm³/mol. The fraction of sp³-hybridized carbons (Fsp3) is 0.0476. The third-order valence-electron chi connectivity index (χ3n) is 4.20. The quantitative estimate of drug-likeness (QED) is 0.472. The van der Waals surface area contributed by atoms with Crippen molar-refractivity contribution >= 4 is 38.6 Å². The van der Waals surface area contributed by atoms with E-state index in [1.165, 1.54) is 0 Å². The van der Waals surface area contributed by atoms with Crippen LogP contribution in [0.3, 0.4) is 0 Å². The molecule has 1 aromatic heterocycles.